The summed E-state index contributed by atoms with van der Waals surface area (Å²) in [5, 5.41) is 8.36. The monoisotopic (exact) mass is 281 g/mol. The molecular formula is C8H15NO2S3Si. The summed E-state index contributed by atoms with van der Waals surface area (Å²) in [6.07, 6.45) is 1.05. The highest BCUT2D eigenvalue weighted by atomic mass is 32.2. The van der Waals surface area contributed by atoms with E-state index in [0.29, 0.717) is 5.75 Å². The van der Waals surface area contributed by atoms with Gasteiger partial charge < -0.3 is 8.85 Å². The van der Waals surface area contributed by atoms with Crippen molar-refractivity contribution >= 4 is 48.6 Å². The molecule has 86 valence electrons. The van der Waals surface area contributed by atoms with Crippen molar-refractivity contribution in [3.63, 3.8) is 0 Å². The maximum atomic E-state index is 8.36. The average molecular weight is 282 g/mol. The molecule has 0 rings (SSSR count). The SMILES string of the molecule is CO[SiH](CCCSC(=S)SCC#N)OC. The van der Waals surface area contributed by atoms with Crippen molar-refractivity contribution in [1.82, 2.24) is 0 Å². The second kappa shape index (κ2) is 10.9. The minimum absolute atomic E-state index is 0.444. The van der Waals surface area contributed by atoms with Gasteiger partial charge in [-0.15, -0.1) is 11.8 Å². The van der Waals surface area contributed by atoms with Gasteiger partial charge in [-0.2, -0.15) is 5.26 Å². The molecule has 0 spiro atoms. The Labute approximate surface area is 107 Å². The molecule has 0 heterocycles. The molecule has 0 bridgehead atoms. The van der Waals surface area contributed by atoms with Crippen LogP contribution in [0.5, 0.6) is 0 Å². The number of thiocarbonyl (C=S) groups is 1. The molecule has 0 N–H and O–H groups in total. The summed E-state index contributed by atoms with van der Waals surface area (Å²) in [5.41, 5.74) is 0. The molecule has 0 unspecified atom stereocenters. The minimum Gasteiger partial charge on any atom is -0.400 e. The summed E-state index contributed by atoms with van der Waals surface area (Å²) in [5.74, 6) is 1.42. The highest BCUT2D eigenvalue weighted by molar-refractivity contribution is 8.47. The van der Waals surface area contributed by atoms with Gasteiger partial charge in [0.25, 0.3) is 0 Å². The third-order valence-corrected chi connectivity index (χ3v) is 6.17. The number of thioether (sulfide) groups is 2. The number of nitriles is 1. The van der Waals surface area contributed by atoms with Gasteiger partial charge in [0.15, 0.2) is 0 Å². The van der Waals surface area contributed by atoms with Crippen LogP contribution >= 0.6 is 35.7 Å². The molecule has 0 amide bonds. The predicted octanol–water partition coefficient (Wildman–Crippen LogP) is 2.16. The zero-order valence-corrected chi connectivity index (χ0v) is 12.5. The van der Waals surface area contributed by atoms with E-state index in [4.69, 9.17) is 26.3 Å². The molecule has 0 saturated heterocycles. The first-order valence-corrected chi connectivity index (χ1v) is 8.60. The van der Waals surface area contributed by atoms with E-state index in [1.54, 1.807) is 26.0 Å². The van der Waals surface area contributed by atoms with Gasteiger partial charge >= 0.3 is 9.28 Å². The Morgan fingerprint density at radius 2 is 2.07 bits per heavy atom. The number of hydrogen-bond donors (Lipinski definition) is 0. The summed E-state index contributed by atoms with van der Waals surface area (Å²) in [7, 11) is 2.00. The number of hydrogen-bond acceptors (Lipinski definition) is 6. The van der Waals surface area contributed by atoms with E-state index in [0.717, 1.165) is 21.7 Å². The van der Waals surface area contributed by atoms with Gasteiger partial charge in [0.1, 0.15) is 3.53 Å². The standard InChI is InChI=1S/C8H15NO2S3Si/c1-10-15(11-2)7-3-5-13-8(12)14-6-4-9/h15H,3,5-7H2,1-2H3. The van der Waals surface area contributed by atoms with Crippen LogP contribution in [0.4, 0.5) is 0 Å². The topological polar surface area (TPSA) is 42.2 Å². The molecule has 7 heteroatoms. The lowest BCUT2D eigenvalue weighted by Crippen LogP contribution is -2.18. The molecule has 0 aromatic carbocycles. The molecule has 0 aromatic heterocycles. The van der Waals surface area contributed by atoms with Crippen molar-refractivity contribution in [1.29, 1.82) is 5.26 Å². The first-order valence-electron chi connectivity index (χ1n) is 4.46. The van der Waals surface area contributed by atoms with Gasteiger partial charge in [0.2, 0.25) is 0 Å². The summed E-state index contributed by atoms with van der Waals surface area (Å²) in [4.78, 5) is 0. The van der Waals surface area contributed by atoms with E-state index in [1.165, 1.54) is 11.8 Å². The zero-order chi connectivity index (χ0) is 11.5. The molecule has 0 atom stereocenters. The second-order valence-corrected chi connectivity index (χ2v) is 8.24. The lowest BCUT2D eigenvalue weighted by molar-refractivity contribution is 0.277. The molecule has 0 aliphatic heterocycles. The lowest BCUT2D eigenvalue weighted by atomic mass is 10.6. The average Bonchev–Trinajstić information content (AvgIpc) is 2.26. The van der Waals surface area contributed by atoms with Crippen LogP contribution in [0.1, 0.15) is 6.42 Å². The zero-order valence-electron chi connectivity index (χ0n) is 8.89. The normalized spacial score (nSPS) is 10.3. The fourth-order valence-electron chi connectivity index (χ4n) is 0.870. The lowest BCUT2D eigenvalue weighted by Gasteiger charge is -2.09. The van der Waals surface area contributed by atoms with Gasteiger partial charge in [0.05, 0.1) is 11.8 Å². The quantitative estimate of drug-likeness (QED) is 0.405. The first kappa shape index (κ1) is 15.4. The Balaban J connectivity index is 3.38. The molecule has 0 aliphatic rings. The molecule has 0 radical (unpaired) electrons. The predicted molar refractivity (Wildman–Crippen MR) is 73.7 cm³/mol. The Morgan fingerprint density at radius 1 is 1.40 bits per heavy atom. The second-order valence-electron chi connectivity index (χ2n) is 2.59. The highest BCUT2D eigenvalue weighted by Gasteiger charge is 2.08. The number of rotatable bonds is 7. The van der Waals surface area contributed by atoms with E-state index in [9.17, 15) is 0 Å². The van der Waals surface area contributed by atoms with E-state index >= 15 is 0 Å². The third-order valence-electron chi connectivity index (χ3n) is 1.58. The van der Waals surface area contributed by atoms with Crippen molar-refractivity contribution in [3.05, 3.63) is 0 Å². The van der Waals surface area contributed by atoms with E-state index in [1.807, 2.05) is 0 Å². The van der Waals surface area contributed by atoms with Crippen LogP contribution in [0.3, 0.4) is 0 Å². The molecule has 3 nitrogen and oxygen atoms in total. The van der Waals surface area contributed by atoms with Crippen LogP contribution in [-0.4, -0.2) is 38.5 Å². The van der Waals surface area contributed by atoms with Gasteiger partial charge in [-0.3, -0.25) is 0 Å². The third kappa shape index (κ3) is 9.35. The fraction of sp³-hybridized carbons (Fsp3) is 0.750. The molecule has 0 saturated carbocycles. The Bertz CT molecular complexity index is 218. The van der Waals surface area contributed by atoms with Crippen LogP contribution in [0, 0.1) is 11.3 Å². The molecule has 0 aliphatic carbocycles. The van der Waals surface area contributed by atoms with Crippen molar-refractivity contribution in [3.8, 4) is 6.07 Å². The van der Waals surface area contributed by atoms with E-state index < -0.39 is 9.28 Å². The van der Waals surface area contributed by atoms with Crippen molar-refractivity contribution in [2.75, 3.05) is 25.7 Å². The minimum atomic E-state index is -1.39. The molecule has 0 aromatic rings. The van der Waals surface area contributed by atoms with Gasteiger partial charge in [-0.25, -0.2) is 0 Å². The molecular weight excluding hydrogens is 266 g/mol. The van der Waals surface area contributed by atoms with Gasteiger partial charge in [0, 0.05) is 14.2 Å². The summed E-state index contributed by atoms with van der Waals surface area (Å²) in [6, 6.07) is 3.06. The Kier molecular flexibility index (Phi) is 11.2. The maximum absolute atomic E-state index is 8.36. The Hall–Kier alpha value is 0.417. The van der Waals surface area contributed by atoms with Crippen LogP contribution in [0.2, 0.25) is 6.04 Å². The van der Waals surface area contributed by atoms with Crippen molar-refractivity contribution in [2.24, 2.45) is 0 Å². The van der Waals surface area contributed by atoms with Crippen molar-refractivity contribution < 1.29 is 8.85 Å². The first-order chi connectivity index (χ1) is 7.24. The van der Waals surface area contributed by atoms with Crippen LogP contribution in [0.15, 0.2) is 0 Å². The van der Waals surface area contributed by atoms with Crippen LogP contribution < -0.4 is 0 Å². The fourth-order valence-corrected chi connectivity index (χ4v) is 4.21. The Morgan fingerprint density at radius 3 is 2.60 bits per heavy atom. The number of nitrogens with zero attached hydrogens (tertiary/aromatic N) is 1. The van der Waals surface area contributed by atoms with Crippen LogP contribution in [0.25, 0.3) is 0 Å². The summed E-state index contributed by atoms with van der Waals surface area (Å²) < 4.78 is 11.2. The highest BCUT2D eigenvalue weighted by Crippen LogP contribution is 2.18. The molecule has 15 heavy (non-hydrogen) atoms. The maximum Gasteiger partial charge on any atom is 0.320 e. The van der Waals surface area contributed by atoms with Crippen molar-refractivity contribution in [2.45, 2.75) is 12.5 Å². The largest absolute Gasteiger partial charge is 0.400 e. The summed E-state index contributed by atoms with van der Waals surface area (Å²) in [6.45, 7) is 0. The van der Waals surface area contributed by atoms with Gasteiger partial charge in [-0.1, -0.05) is 24.0 Å². The van der Waals surface area contributed by atoms with E-state index in [-0.39, 0.29) is 0 Å². The van der Waals surface area contributed by atoms with Crippen LogP contribution in [-0.2, 0) is 8.85 Å². The molecule has 0 fully saturated rings. The smallest absolute Gasteiger partial charge is 0.320 e. The van der Waals surface area contributed by atoms with Gasteiger partial charge in [-0.05, 0) is 18.2 Å². The summed E-state index contributed by atoms with van der Waals surface area (Å²) >= 11 is 8.14. The van der Waals surface area contributed by atoms with E-state index in [2.05, 4.69) is 6.07 Å².